The second kappa shape index (κ2) is 6.32. The Kier molecular flexibility index (Phi) is 4.59. The molecule has 0 N–H and O–H groups in total. The lowest BCUT2D eigenvalue weighted by Crippen LogP contribution is -2.46. The van der Waals surface area contributed by atoms with E-state index < -0.39 is 0 Å². The van der Waals surface area contributed by atoms with Gasteiger partial charge in [-0.1, -0.05) is 0 Å². The molecule has 1 aromatic rings. The van der Waals surface area contributed by atoms with Crippen LogP contribution < -0.4 is 4.78 Å². The summed E-state index contributed by atoms with van der Waals surface area (Å²) in [6, 6.07) is 1.95. The van der Waals surface area contributed by atoms with Crippen molar-refractivity contribution in [2.45, 2.75) is 19.4 Å². The third-order valence-electron chi connectivity index (χ3n) is 4.43. The van der Waals surface area contributed by atoms with Crippen molar-refractivity contribution in [1.29, 1.82) is 0 Å². The summed E-state index contributed by atoms with van der Waals surface area (Å²) in [6.07, 6.45) is 0. The van der Waals surface area contributed by atoms with Crippen LogP contribution in [-0.4, -0.2) is 69.7 Å². The second-order valence-corrected chi connectivity index (χ2v) is 7.30. The van der Waals surface area contributed by atoms with Crippen LogP contribution in [0, 0.1) is 0 Å². The summed E-state index contributed by atoms with van der Waals surface area (Å²) in [7, 11) is 3.33. The highest BCUT2D eigenvalue weighted by molar-refractivity contribution is 7.21. The molecule has 22 heavy (non-hydrogen) atoms. The van der Waals surface area contributed by atoms with Crippen molar-refractivity contribution >= 4 is 29.5 Å². The first-order valence-electron chi connectivity index (χ1n) is 7.66. The van der Waals surface area contributed by atoms with Crippen molar-refractivity contribution in [3.8, 4) is 0 Å². The first kappa shape index (κ1) is 16.0. The topological polar surface area (TPSA) is 42.0 Å². The molecule has 0 aromatic carbocycles. The van der Waals surface area contributed by atoms with Gasteiger partial charge < -0.3 is 14.3 Å². The van der Waals surface area contributed by atoms with Gasteiger partial charge in [0.25, 0.3) is 5.91 Å². The van der Waals surface area contributed by atoms with Crippen LogP contribution in [0.15, 0.2) is 6.07 Å². The summed E-state index contributed by atoms with van der Waals surface area (Å²) in [5.41, 5.74) is 0.587. The SMILES string of the molecule is CO[B]c1cc2c(s1)C(C)(C)N(CCN1CCOCC1)C2=O. The Balaban J connectivity index is 1.70. The van der Waals surface area contributed by atoms with Gasteiger partial charge in [0.1, 0.15) is 0 Å². The van der Waals surface area contributed by atoms with Crippen LogP contribution in [0.25, 0.3) is 0 Å². The van der Waals surface area contributed by atoms with Crippen molar-refractivity contribution in [2.75, 3.05) is 46.5 Å². The van der Waals surface area contributed by atoms with Crippen molar-refractivity contribution in [3.05, 3.63) is 16.5 Å². The molecule has 3 rings (SSSR count). The van der Waals surface area contributed by atoms with E-state index in [0.717, 1.165) is 54.6 Å². The monoisotopic (exact) mass is 321 g/mol. The number of hydrogen-bond donors (Lipinski definition) is 0. The van der Waals surface area contributed by atoms with Crippen molar-refractivity contribution in [2.24, 2.45) is 0 Å². The molecule has 0 atom stereocenters. The zero-order valence-corrected chi connectivity index (χ0v) is 14.2. The Morgan fingerprint density at radius 1 is 1.36 bits per heavy atom. The minimum atomic E-state index is -0.247. The number of morpholine rings is 1. The van der Waals surface area contributed by atoms with Crippen molar-refractivity contribution in [3.63, 3.8) is 0 Å². The maximum Gasteiger partial charge on any atom is 0.340 e. The summed E-state index contributed by atoms with van der Waals surface area (Å²) in [5.74, 6) is 0.139. The van der Waals surface area contributed by atoms with Gasteiger partial charge in [-0.2, -0.15) is 0 Å². The van der Waals surface area contributed by atoms with Crippen LogP contribution in [-0.2, 0) is 14.9 Å². The molecule has 119 valence electrons. The molecule has 0 aliphatic carbocycles. The number of ether oxygens (including phenoxy) is 1. The highest BCUT2D eigenvalue weighted by Gasteiger charge is 2.44. The van der Waals surface area contributed by atoms with Crippen LogP contribution in [0.4, 0.5) is 0 Å². The molecule has 0 unspecified atom stereocenters. The molecule has 0 bridgehead atoms. The molecule has 1 aromatic heterocycles. The highest BCUT2D eigenvalue weighted by Crippen LogP contribution is 2.40. The van der Waals surface area contributed by atoms with Crippen LogP contribution in [0.1, 0.15) is 29.1 Å². The van der Waals surface area contributed by atoms with Gasteiger partial charge in [0.15, 0.2) is 0 Å². The van der Waals surface area contributed by atoms with Crippen LogP contribution in [0.3, 0.4) is 0 Å². The summed E-state index contributed by atoms with van der Waals surface area (Å²) in [5, 5.41) is 0. The molecule has 1 amide bonds. The van der Waals surface area contributed by atoms with Crippen molar-refractivity contribution < 1.29 is 14.2 Å². The number of amides is 1. The first-order chi connectivity index (χ1) is 10.5. The second-order valence-electron chi connectivity index (χ2n) is 6.21. The predicted octanol–water partition coefficient (Wildman–Crippen LogP) is 0.662. The Morgan fingerprint density at radius 2 is 2.09 bits per heavy atom. The molecule has 0 spiro atoms. The fraction of sp³-hybridized carbons (Fsp3) is 0.667. The lowest BCUT2D eigenvalue weighted by molar-refractivity contribution is 0.0263. The summed E-state index contributed by atoms with van der Waals surface area (Å²) in [4.78, 5) is 18.2. The van der Waals surface area contributed by atoms with Gasteiger partial charge in [-0.3, -0.25) is 9.69 Å². The third kappa shape index (κ3) is 2.83. The van der Waals surface area contributed by atoms with Gasteiger partial charge in [0.2, 0.25) is 0 Å². The van der Waals surface area contributed by atoms with Crippen LogP contribution in [0.5, 0.6) is 0 Å². The molecule has 2 aliphatic heterocycles. The standard InChI is InChI=1S/C15H22BN2O3S/c1-15(2)13-11(10-12(22-13)16-20-3)14(19)18(15)5-4-17-6-8-21-9-7-17/h10H,4-9H2,1-3H3. The van der Waals surface area contributed by atoms with E-state index in [4.69, 9.17) is 9.39 Å². The summed E-state index contributed by atoms with van der Waals surface area (Å²) >= 11 is 1.65. The highest BCUT2D eigenvalue weighted by atomic mass is 32.1. The van der Waals surface area contributed by atoms with Crippen LogP contribution >= 0.6 is 11.3 Å². The van der Waals surface area contributed by atoms with Crippen molar-refractivity contribution in [1.82, 2.24) is 9.80 Å². The minimum Gasteiger partial charge on any atom is -0.436 e. The molecule has 2 aliphatic rings. The number of nitrogens with zero attached hydrogens (tertiary/aromatic N) is 2. The number of carbonyl (C=O) groups is 1. The van der Waals surface area contributed by atoms with Crippen LogP contribution in [0.2, 0.25) is 0 Å². The Morgan fingerprint density at radius 3 is 2.73 bits per heavy atom. The molecule has 1 fully saturated rings. The maximum atomic E-state index is 12.7. The molecular weight excluding hydrogens is 299 g/mol. The van der Waals surface area contributed by atoms with Gasteiger partial charge >= 0.3 is 7.48 Å². The largest absolute Gasteiger partial charge is 0.436 e. The Labute approximate surface area is 136 Å². The zero-order chi connectivity index (χ0) is 15.7. The van der Waals surface area contributed by atoms with E-state index in [-0.39, 0.29) is 11.4 Å². The van der Waals surface area contributed by atoms with E-state index in [0.29, 0.717) is 0 Å². The smallest absolute Gasteiger partial charge is 0.340 e. The zero-order valence-electron chi connectivity index (χ0n) is 13.4. The molecule has 3 heterocycles. The van der Waals surface area contributed by atoms with Gasteiger partial charge in [0.05, 0.1) is 24.3 Å². The van der Waals surface area contributed by atoms with Gasteiger partial charge in [-0.15, -0.1) is 11.3 Å². The number of carbonyl (C=O) groups excluding carboxylic acids is 1. The first-order valence-corrected chi connectivity index (χ1v) is 8.48. The molecule has 1 radical (unpaired) electrons. The van der Waals surface area contributed by atoms with E-state index in [1.807, 2.05) is 11.0 Å². The van der Waals surface area contributed by atoms with E-state index in [2.05, 4.69) is 18.7 Å². The summed E-state index contributed by atoms with van der Waals surface area (Å²) in [6.45, 7) is 9.42. The summed E-state index contributed by atoms with van der Waals surface area (Å²) < 4.78 is 11.4. The number of fused-ring (bicyclic) bond motifs is 1. The van der Waals surface area contributed by atoms with Gasteiger partial charge in [-0.25, -0.2) is 0 Å². The predicted molar refractivity (Wildman–Crippen MR) is 88.0 cm³/mol. The van der Waals surface area contributed by atoms with E-state index in [1.54, 1.807) is 25.9 Å². The fourth-order valence-corrected chi connectivity index (χ4v) is 4.34. The average Bonchev–Trinajstić information content (AvgIpc) is 2.99. The number of thiophene rings is 1. The van der Waals surface area contributed by atoms with E-state index >= 15 is 0 Å². The number of hydrogen-bond acceptors (Lipinski definition) is 5. The molecular formula is C15H22BN2O3S. The van der Waals surface area contributed by atoms with Gasteiger partial charge in [-0.05, 0) is 19.9 Å². The fourth-order valence-electron chi connectivity index (χ4n) is 3.17. The molecule has 5 nitrogen and oxygen atoms in total. The minimum absolute atomic E-state index is 0.139. The Bertz CT molecular complexity index is 555. The molecule has 1 saturated heterocycles. The van der Waals surface area contributed by atoms with Gasteiger partial charge in [0, 0.05) is 42.9 Å². The lowest BCUT2D eigenvalue weighted by Gasteiger charge is -2.35. The molecule has 7 heteroatoms. The Hall–Kier alpha value is -0.885. The number of rotatable bonds is 5. The lowest BCUT2D eigenvalue weighted by atomic mass is 9.97. The third-order valence-corrected chi connectivity index (χ3v) is 5.81. The van der Waals surface area contributed by atoms with E-state index in [1.165, 1.54) is 0 Å². The average molecular weight is 321 g/mol. The molecule has 0 saturated carbocycles. The maximum absolute atomic E-state index is 12.7. The van der Waals surface area contributed by atoms with E-state index in [9.17, 15) is 4.79 Å². The quantitative estimate of drug-likeness (QED) is 0.748. The normalized spacial score (nSPS) is 21.2.